The number of halogens is 4. The van der Waals surface area contributed by atoms with E-state index in [1.165, 1.54) is 31.5 Å². The molecule has 0 saturated carbocycles. The van der Waals surface area contributed by atoms with E-state index in [1.54, 1.807) is 35.0 Å². The van der Waals surface area contributed by atoms with Crippen LogP contribution in [0, 0.1) is 5.82 Å². The van der Waals surface area contributed by atoms with Crippen molar-refractivity contribution >= 4 is 12.2 Å². The van der Waals surface area contributed by atoms with Gasteiger partial charge in [-0.1, -0.05) is 18.2 Å². The van der Waals surface area contributed by atoms with Crippen LogP contribution in [0.3, 0.4) is 0 Å². The number of pyridine rings is 2. The normalized spacial score (nSPS) is 15.8. The fourth-order valence-corrected chi connectivity index (χ4v) is 4.45. The van der Waals surface area contributed by atoms with Crippen molar-refractivity contribution in [2.45, 2.75) is 31.5 Å². The first-order valence-electron chi connectivity index (χ1n) is 11.3. The topological polar surface area (TPSA) is 65.7 Å². The Hall–Kier alpha value is -4.08. The predicted octanol–water partition coefficient (Wildman–Crippen LogP) is 6.00. The van der Waals surface area contributed by atoms with Crippen LogP contribution in [0.15, 0.2) is 54.9 Å². The molecule has 1 aliphatic heterocycles. The number of nitrogens with zero attached hydrogens (tertiary/aromatic N) is 5. The minimum Gasteiger partial charge on any atom is -0.481 e. The Kier molecular flexibility index (Phi) is 6.26. The summed E-state index contributed by atoms with van der Waals surface area (Å²) in [5.41, 5.74) is 0.886. The van der Waals surface area contributed by atoms with Crippen molar-refractivity contribution in [1.82, 2.24) is 24.7 Å². The van der Waals surface area contributed by atoms with Gasteiger partial charge < -0.3 is 4.74 Å². The monoisotopic (exact) mass is 495 g/mol. The van der Waals surface area contributed by atoms with Gasteiger partial charge in [-0.05, 0) is 54.8 Å². The highest BCUT2D eigenvalue weighted by atomic mass is 19.4. The van der Waals surface area contributed by atoms with Gasteiger partial charge in [0.25, 0.3) is 0 Å². The van der Waals surface area contributed by atoms with Crippen molar-refractivity contribution in [2.75, 3.05) is 7.11 Å². The van der Waals surface area contributed by atoms with Crippen molar-refractivity contribution in [3.05, 3.63) is 89.1 Å². The van der Waals surface area contributed by atoms with Crippen LogP contribution in [0.1, 0.15) is 47.2 Å². The van der Waals surface area contributed by atoms with Crippen LogP contribution in [-0.2, 0) is 12.7 Å². The van der Waals surface area contributed by atoms with Crippen molar-refractivity contribution < 1.29 is 22.3 Å². The number of rotatable bonds is 5. The molecule has 0 N–H and O–H groups in total. The summed E-state index contributed by atoms with van der Waals surface area (Å²) in [5.74, 6) is 0.121. The maximum absolute atomic E-state index is 14.2. The Bertz CT molecular complexity index is 1430. The number of hydrogen-bond donors (Lipinski definition) is 0. The average Bonchev–Trinajstić information content (AvgIpc) is 3.30. The standard InChI is InChI=1S/C26H21F4N5O/c1-36-25-20(18-12-13-31-15-22(18)27)10-8-16(32-25)9-11-23-33-24-19(6-4-14-35(24)34-23)17-5-2-3-7-21(17)26(28,29)30/h2-3,5,7-13,15,19H,4,6,14H2,1H3/b11-9+. The number of benzene rings is 1. The van der Waals surface area contributed by atoms with Gasteiger partial charge in [0.2, 0.25) is 5.88 Å². The molecule has 1 aliphatic rings. The minimum absolute atomic E-state index is 0.208. The molecule has 0 bridgehead atoms. The van der Waals surface area contributed by atoms with E-state index < -0.39 is 23.5 Å². The predicted molar refractivity (Wildman–Crippen MR) is 125 cm³/mol. The molecule has 10 heteroatoms. The van der Waals surface area contributed by atoms with Crippen molar-refractivity contribution in [1.29, 1.82) is 0 Å². The van der Waals surface area contributed by atoms with Gasteiger partial charge in [-0.2, -0.15) is 18.3 Å². The molecule has 0 spiro atoms. The highest BCUT2D eigenvalue weighted by Gasteiger charge is 2.37. The van der Waals surface area contributed by atoms with Crippen LogP contribution in [-0.4, -0.2) is 31.8 Å². The van der Waals surface area contributed by atoms with E-state index in [0.717, 1.165) is 12.3 Å². The van der Waals surface area contributed by atoms with Gasteiger partial charge in [0, 0.05) is 29.8 Å². The molecule has 0 amide bonds. The molecule has 1 unspecified atom stereocenters. The molecular formula is C26H21F4N5O. The summed E-state index contributed by atoms with van der Waals surface area (Å²) < 4.78 is 62.1. The molecule has 4 aromatic rings. The van der Waals surface area contributed by atoms with Gasteiger partial charge in [-0.15, -0.1) is 0 Å². The second kappa shape index (κ2) is 9.52. The summed E-state index contributed by atoms with van der Waals surface area (Å²) in [5, 5.41) is 4.47. The first-order valence-corrected chi connectivity index (χ1v) is 11.3. The lowest BCUT2D eigenvalue weighted by Crippen LogP contribution is -2.21. The fourth-order valence-electron chi connectivity index (χ4n) is 4.45. The maximum Gasteiger partial charge on any atom is 0.416 e. The molecule has 0 saturated heterocycles. The first kappa shape index (κ1) is 23.7. The molecule has 0 radical (unpaired) electrons. The molecule has 0 fully saturated rings. The lowest BCUT2D eigenvalue weighted by molar-refractivity contribution is -0.138. The van der Waals surface area contributed by atoms with E-state index in [2.05, 4.69) is 20.1 Å². The highest BCUT2D eigenvalue weighted by molar-refractivity contribution is 5.72. The summed E-state index contributed by atoms with van der Waals surface area (Å²) in [4.78, 5) is 12.7. The second-order valence-electron chi connectivity index (χ2n) is 8.31. The van der Waals surface area contributed by atoms with Gasteiger partial charge >= 0.3 is 6.18 Å². The quantitative estimate of drug-likeness (QED) is 0.318. The molecule has 3 aromatic heterocycles. The number of aromatic nitrogens is 5. The Labute approximate surface area is 204 Å². The van der Waals surface area contributed by atoms with Crippen LogP contribution in [0.2, 0.25) is 0 Å². The van der Waals surface area contributed by atoms with Crippen LogP contribution >= 0.6 is 0 Å². The van der Waals surface area contributed by atoms with Crippen LogP contribution in [0.5, 0.6) is 5.88 Å². The Balaban J connectivity index is 1.44. The Morgan fingerprint density at radius 1 is 1.03 bits per heavy atom. The van der Waals surface area contributed by atoms with Crippen molar-refractivity contribution in [3.8, 4) is 17.0 Å². The third-order valence-corrected chi connectivity index (χ3v) is 6.07. The molecule has 0 aliphatic carbocycles. The zero-order chi connectivity index (χ0) is 25.3. The van der Waals surface area contributed by atoms with Crippen LogP contribution in [0.4, 0.5) is 17.6 Å². The van der Waals surface area contributed by atoms with E-state index in [0.29, 0.717) is 47.9 Å². The van der Waals surface area contributed by atoms with E-state index >= 15 is 0 Å². The van der Waals surface area contributed by atoms with E-state index in [9.17, 15) is 17.6 Å². The number of aryl methyl sites for hydroxylation is 1. The van der Waals surface area contributed by atoms with Crippen LogP contribution in [0.25, 0.3) is 23.3 Å². The van der Waals surface area contributed by atoms with Gasteiger partial charge in [0.1, 0.15) is 11.6 Å². The van der Waals surface area contributed by atoms with Crippen molar-refractivity contribution in [2.24, 2.45) is 0 Å². The Morgan fingerprint density at radius 2 is 1.86 bits per heavy atom. The molecule has 184 valence electrons. The fraction of sp³-hybridized carbons (Fsp3) is 0.231. The van der Waals surface area contributed by atoms with Crippen LogP contribution < -0.4 is 4.74 Å². The zero-order valence-electron chi connectivity index (χ0n) is 19.2. The third kappa shape index (κ3) is 4.58. The number of methoxy groups -OCH3 is 1. The lowest BCUT2D eigenvalue weighted by Gasteiger charge is -2.25. The summed E-state index contributed by atoms with van der Waals surface area (Å²) in [6.07, 6.45) is 2.73. The van der Waals surface area contributed by atoms with Gasteiger partial charge in [-0.3, -0.25) is 4.98 Å². The van der Waals surface area contributed by atoms with Crippen molar-refractivity contribution in [3.63, 3.8) is 0 Å². The summed E-state index contributed by atoms with van der Waals surface area (Å²) >= 11 is 0. The summed E-state index contributed by atoms with van der Waals surface area (Å²) in [6.45, 7) is 0.582. The minimum atomic E-state index is -4.45. The molecule has 6 nitrogen and oxygen atoms in total. The summed E-state index contributed by atoms with van der Waals surface area (Å²) in [7, 11) is 1.45. The maximum atomic E-state index is 14.2. The zero-order valence-corrected chi connectivity index (χ0v) is 19.2. The number of ether oxygens (including phenoxy) is 1. The molecule has 1 atom stereocenters. The summed E-state index contributed by atoms with van der Waals surface area (Å²) in [6, 6.07) is 10.6. The third-order valence-electron chi connectivity index (χ3n) is 6.07. The largest absolute Gasteiger partial charge is 0.481 e. The van der Waals surface area contributed by atoms with Gasteiger partial charge in [-0.25, -0.2) is 19.0 Å². The van der Waals surface area contributed by atoms with E-state index in [4.69, 9.17) is 4.74 Å². The smallest absolute Gasteiger partial charge is 0.416 e. The molecule has 4 heterocycles. The lowest BCUT2D eigenvalue weighted by atomic mass is 9.88. The van der Waals surface area contributed by atoms with E-state index in [-0.39, 0.29) is 11.4 Å². The molecular weight excluding hydrogens is 474 g/mol. The van der Waals surface area contributed by atoms with Gasteiger partial charge in [0.05, 0.1) is 24.6 Å². The van der Waals surface area contributed by atoms with Gasteiger partial charge in [0.15, 0.2) is 5.82 Å². The number of hydrogen-bond acceptors (Lipinski definition) is 5. The number of fused-ring (bicyclic) bond motifs is 1. The SMILES string of the molecule is COc1nc(/C=C/c2nc3n(n2)CCCC3c2ccccc2C(F)(F)F)ccc1-c1ccncc1F. The number of alkyl halides is 3. The molecule has 36 heavy (non-hydrogen) atoms. The van der Waals surface area contributed by atoms with E-state index in [1.807, 2.05) is 0 Å². The Morgan fingerprint density at radius 3 is 2.64 bits per heavy atom. The first-order chi connectivity index (χ1) is 17.3. The average molecular weight is 495 g/mol. The highest BCUT2D eigenvalue weighted by Crippen LogP contribution is 2.40. The molecule has 5 rings (SSSR count). The molecule has 1 aromatic carbocycles. The second-order valence-corrected chi connectivity index (χ2v) is 8.31.